The van der Waals surface area contributed by atoms with Crippen LogP contribution in [0.2, 0.25) is 0 Å². The third kappa shape index (κ3) is 3.59. The molecule has 4 nitrogen and oxygen atoms in total. The van der Waals surface area contributed by atoms with E-state index in [2.05, 4.69) is 5.32 Å². The zero-order valence-electron chi connectivity index (χ0n) is 13.2. The lowest BCUT2D eigenvalue weighted by molar-refractivity contribution is -0.119. The highest BCUT2D eigenvalue weighted by Crippen LogP contribution is 2.33. The summed E-state index contributed by atoms with van der Waals surface area (Å²) in [7, 11) is 1.74. The molecule has 118 valence electrons. The molecule has 2 aromatic carbocycles. The normalized spacial score (nSPS) is 13.4. The van der Waals surface area contributed by atoms with Crippen molar-refractivity contribution in [3.8, 4) is 0 Å². The SMILES string of the molecule is CN(C(=O)C1CC1)c1ccccc1C(=O)NCc1ccccc1. The Morgan fingerprint density at radius 2 is 1.70 bits per heavy atom. The maximum Gasteiger partial charge on any atom is 0.253 e. The van der Waals surface area contributed by atoms with Crippen molar-refractivity contribution in [1.29, 1.82) is 0 Å². The first kappa shape index (κ1) is 15.3. The molecule has 0 radical (unpaired) electrons. The molecule has 0 bridgehead atoms. The highest BCUT2D eigenvalue weighted by molar-refractivity contribution is 6.05. The van der Waals surface area contributed by atoms with Gasteiger partial charge in [-0.25, -0.2) is 0 Å². The van der Waals surface area contributed by atoms with E-state index < -0.39 is 0 Å². The van der Waals surface area contributed by atoms with Gasteiger partial charge in [0.05, 0.1) is 11.3 Å². The van der Waals surface area contributed by atoms with Gasteiger partial charge in [-0.15, -0.1) is 0 Å². The molecule has 1 N–H and O–H groups in total. The van der Waals surface area contributed by atoms with E-state index in [9.17, 15) is 9.59 Å². The Morgan fingerprint density at radius 3 is 2.39 bits per heavy atom. The van der Waals surface area contributed by atoms with E-state index in [-0.39, 0.29) is 17.7 Å². The molecular formula is C19H20N2O2. The van der Waals surface area contributed by atoms with Gasteiger partial charge in [0.25, 0.3) is 5.91 Å². The summed E-state index contributed by atoms with van der Waals surface area (Å²) in [6.45, 7) is 0.467. The van der Waals surface area contributed by atoms with Crippen LogP contribution in [-0.4, -0.2) is 18.9 Å². The minimum Gasteiger partial charge on any atom is -0.348 e. The second kappa shape index (κ2) is 6.65. The molecule has 2 amide bonds. The average molecular weight is 308 g/mol. The monoisotopic (exact) mass is 308 g/mol. The van der Waals surface area contributed by atoms with E-state index in [1.165, 1.54) is 0 Å². The molecular weight excluding hydrogens is 288 g/mol. The van der Waals surface area contributed by atoms with E-state index in [0.29, 0.717) is 17.8 Å². The fraction of sp³-hybridized carbons (Fsp3) is 0.263. The maximum absolute atomic E-state index is 12.5. The number of carbonyl (C=O) groups excluding carboxylic acids is 2. The molecule has 0 atom stereocenters. The van der Waals surface area contributed by atoms with Crippen LogP contribution in [0.25, 0.3) is 0 Å². The number of para-hydroxylation sites is 1. The molecule has 0 saturated heterocycles. The molecule has 4 heteroatoms. The summed E-state index contributed by atoms with van der Waals surface area (Å²) in [6.07, 6.45) is 1.90. The van der Waals surface area contributed by atoms with Crippen molar-refractivity contribution in [3.05, 3.63) is 65.7 Å². The summed E-state index contributed by atoms with van der Waals surface area (Å²) in [5.74, 6) is 0.0497. The van der Waals surface area contributed by atoms with Crippen LogP contribution in [0.3, 0.4) is 0 Å². The first-order chi connectivity index (χ1) is 11.2. The first-order valence-electron chi connectivity index (χ1n) is 7.85. The van der Waals surface area contributed by atoms with E-state index in [1.807, 2.05) is 48.5 Å². The zero-order valence-corrected chi connectivity index (χ0v) is 13.2. The quantitative estimate of drug-likeness (QED) is 0.923. The topological polar surface area (TPSA) is 49.4 Å². The molecule has 0 spiro atoms. The van der Waals surface area contributed by atoms with Crippen molar-refractivity contribution in [2.45, 2.75) is 19.4 Å². The van der Waals surface area contributed by atoms with Crippen molar-refractivity contribution >= 4 is 17.5 Å². The van der Waals surface area contributed by atoms with Crippen LogP contribution in [0.15, 0.2) is 54.6 Å². The molecule has 3 rings (SSSR count). The fourth-order valence-corrected chi connectivity index (χ4v) is 2.55. The van der Waals surface area contributed by atoms with E-state index in [1.54, 1.807) is 18.0 Å². The van der Waals surface area contributed by atoms with Gasteiger partial charge in [0, 0.05) is 19.5 Å². The summed E-state index contributed by atoms with van der Waals surface area (Å²) < 4.78 is 0. The standard InChI is InChI=1S/C19H20N2O2/c1-21(19(23)15-11-12-15)17-10-6-5-9-16(17)18(22)20-13-14-7-3-2-4-8-14/h2-10,15H,11-13H2,1H3,(H,20,22). The molecule has 1 aliphatic rings. The number of amides is 2. The number of nitrogens with zero attached hydrogens (tertiary/aromatic N) is 1. The molecule has 0 unspecified atom stereocenters. The molecule has 2 aromatic rings. The molecule has 0 aromatic heterocycles. The Hall–Kier alpha value is -2.62. The summed E-state index contributed by atoms with van der Waals surface area (Å²) in [6, 6.07) is 17.0. The van der Waals surface area contributed by atoms with Crippen LogP contribution in [0.4, 0.5) is 5.69 Å². The molecule has 1 fully saturated rings. The number of benzene rings is 2. The van der Waals surface area contributed by atoms with Gasteiger partial charge in [-0.1, -0.05) is 42.5 Å². The Bertz CT molecular complexity index is 708. The Labute approximate surface area is 136 Å². The lowest BCUT2D eigenvalue weighted by Crippen LogP contribution is -2.31. The Kier molecular flexibility index (Phi) is 4.42. The molecule has 23 heavy (non-hydrogen) atoms. The van der Waals surface area contributed by atoms with Crippen LogP contribution in [0, 0.1) is 5.92 Å². The van der Waals surface area contributed by atoms with Crippen molar-refractivity contribution < 1.29 is 9.59 Å². The molecule has 1 aliphatic carbocycles. The third-order valence-electron chi connectivity index (χ3n) is 4.06. The summed E-state index contributed by atoms with van der Waals surface area (Å²) in [5.41, 5.74) is 2.23. The minimum absolute atomic E-state index is 0.0910. The van der Waals surface area contributed by atoms with Crippen LogP contribution in [0.1, 0.15) is 28.8 Å². The van der Waals surface area contributed by atoms with Crippen LogP contribution < -0.4 is 10.2 Å². The fourth-order valence-electron chi connectivity index (χ4n) is 2.55. The predicted octanol–water partition coefficient (Wildman–Crippen LogP) is 2.99. The van der Waals surface area contributed by atoms with Crippen LogP contribution in [0.5, 0.6) is 0 Å². The number of rotatable bonds is 5. The average Bonchev–Trinajstić information content (AvgIpc) is 3.44. The van der Waals surface area contributed by atoms with Gasteiger partial charge in [-0.05, 0) is 30.5 Å². The highest BCUT2D eigenvalue weighted by atomic mass is 16.2. The number of carbonyl (C=O) groups is 2. The van der Waals surface area contributed by atoms with Crippen LogP contribution >= 0.6 is 0 Å². The van der Waals surface area contributed by atoms with E-state index in [0.717, 1.165) is 18.4 Å². The van der Waals surface area contributed by atoms with Crippen molar-refractivity contribution in [3.63, 3.8) is 0 Å². The molecule has 0 aliphatic heterocycles. The zero-order chi connectivity index (χ0) is 16.2. The van der Waals surface area contributed by atoms with Crippen molar-refractivity contribution in [2.24, 2.45) is 5.92 Å². The van der Waals surface area contributed by atoms with Gasteiger partial charge in [0.2, 0.25) is 5.91 Å². The van der Waals surface area contributed by atoms with Gasteiger partial charge in [-0.3, -0.25) is 9.59 Å². The Balaban J connectivity index is 1.74. The van der Waals surface area contributed by atoms with Gasteiger partial charge < -0.3 is 10.2 Å². The molecule has 1 saturated carbocycles. The number of hydrogen-bond acceptors (Lipinski definition) is 2. The lowest BCUT2D eigenvalue weighted by Gasteiger charge is -2.20. The first-order valence-corrected chi connectivity index (χ1v) is 7.85. The van der Waals surface area contributed by atoms with Gasteiger partial charge in [0.1, 0.15) is 0 Å². The summed E-state index contributed by atoms with van der Waals surface area (Å²) in [5, 5.41) is 2.92. The van der Waals surface area contributed by atoms with Crippen molar-refractivity contribution in [1.82, 2.24) is 5.32 Å². The number of anilines is 1. The maximum atomic E-state index is 12.5. The van der Waals surface area contributed by atoms with Crippen LogP contribution in [-0.2, 0) is 11.3 Å². The summed E-state index contributed by atoms with van der Waals surface area (Å²) in [4.78, 5) is 26.4. The Morgan fingerprint density at radius 1 is 1.04 bits per heavy atom. The predicted molar refractivity (Wildman–Crippen MR) is 90.2 cm³/mol. The summed E-state index contributed by atoms with van der Waals surface area (Å²) >= 11 is 0. The van der Waals surface area contributed by atoms with E-state index in [4.69, 9.17) is 0 Å². The highest BCUT2D eigenvalue weighted by Gasteiger charge is 2.33. The smallest absolute Gasteiger partial charge is 0.253 e. The second-order valence-corrected chi connectivity index (χ2v) is 5.86. The number of nitrogens with one attached hydrogen (secondary N) is 1. The second-order valence-electron chi connectivity index (χ2n) is 5.86. The van der Waals surface area contributed by atoms with Crippen molar-refractivity contribution in [2.75, 3.05) is 11.9 Å². The third-order valence-corrected chi connectivity index (χ3v) is 4.06. The molecule has 0 heterocycles. The van der Waals surface area contributed by atoms with Gasteiger partial charge >= 0.3 is 0 Å². The number of hydrogen-bond donors (Lipinski definition) is 1. The lowest BCUT2D eigenvalue weighted by atomic mass is 10.1. The van der Waals surface area contributed by atoms with Gasteiger partial charge in [0.15, 0.2) is 0 Å². The van der Waals surface area contributed by atoms with E-state index >= 15 is 0 Å². The largest absolute Gasteiger partial charge is 0.348 e. The minimum atomic E-state index is -0.167. The van der Waals surface area contributed by atoms with Gasteiger partial charge in [-0.2, -0.15) is 0 Å².